The lowest BCUT2D eigenvalue weighted by Crippen LogP contribution is -2.24. The number of hydrogen-bond acceptors (Lipinski definition) is 5. The predicted octanol–water partition coefficient (Wildman–Crippen LogP) is 3.25. The summed E-state index contributed by atoms with van der Waals surface area (Å²) >= 11 is 1.52. The van der Waals surface area contributed by atoms with Gasteiger partial charge in [0.2, 0.25) is 5.91 Å². The van der Waals surface area contributed by atoms with Crippen LogP contribution in [-0.2, 0) is 17.8 Å². The second-order valence-electron chi connectivity index (χ2n) is 5.97. The van der Waals surface area contributed by atoms with Crippen LogP contribution in [0.2, 0.25) is 0 Å². The average Bonchev–Trinajstić information content (AvgIpc) is 3.37. The summed E-state index contributed by atoms with van der Waals surface area (Å²) in [6.07, 6.45) is 7.43. The van der Waals surface area contributed by atoms with Gasteiger partial charge in [0.25, 0.3) is 0 Å². The zero-order chi connectivity index (χ0) is 18.5. The molecule has 7 heteroatoms. The molecule has 1 aromatic carbocycles. The van der Waals surface area contributed by atoms with Crippen LogP contribution in [0, 0.1) is 0 Å². The van der Waals surface area contributed by atoms with Crippen molar-refractivity contribution in [2.24, 2.45) is 0 Å². The van der Waals surface area contributed by atoms with Gasteiger partial charge < -0.3 is 5.32 Å². The largest absolute Gasteiger partial charge is 0.352 e. The Morgan fingerprint density at radius 2 is 2.00 bits per heavy atom. The minimum absolute atomic E-state index is 0.0644. The molecule has 0 unspecified atom stereocenters. The summed E-state index contributed by atoms with van der Waals surface area (Å²) in [7, 11) is 0. The number of benzene rings is 1. The highest BCUT2D eigenvalue weighted by Crippen LogP contribution is 2.22. The summed E-state index contributed by atoms with van der Waals surface area (Å²) in [6.45, 7) is 0.436. The minimum atomic E-state index is -0.0644. The number of aromatic nitrogens is 4. The lowest BCUT2D eigenvalue weighted by Gasteiger charge is -2.02. The van der Waals surface area contributed by atoms with Gasteiger partial charge in [0.05, 0.1) is 24.0 Å². The summed E-state index contributed by atoms with van der Waals surface area (Å²) in [6, 6.07) is 13.7. The van der Waals surface area contributed by atoms with E-state index in [1.165, 1.54) is 11.3 Å². The van der Waals surface area contributed by atoms with Crippen molar-refractivity contribution in [3.05, 3.63) is 83.9 Å². The summed E-state index contributed by atoms with van der Waals surface area (Å²) in [4.78, 5) is 20.8. The van der Waals surface area contributed by atoms with E-state index in [9.17, 15) is 4.79 Å². The molecule has 4 aromatic rings. The molecule has 6 nitrogen and oxygen atoms in total. The summed E-state index contributed by atoms with van der Waals surface area (Å²) < 4.78 is 1.79. The number of pyridine rings is 1. The Hall–Kier alpha value is -3.32. The molecule has 27 heavy (non-hydrogen) atoms. The Kier molecular flexibility index (Phi) is 5.02. The fourth-order valence-electron chi connectivity index (χ4n) is 2.61. The smallest absolute Gasteiger partial charge is 0.226 e. The first kappa shape index (κ1) is 17.1. The average molecular weight is 375 g/mol. The molecular formula is C20H17N5OS. The number of carbonyl (C=O) groups is 1. The van der Waals surface area contributed by atoms with E-state index in [2.05, 4.69) is 20.4 Å². The van der Waals surface area contributed by atoms with Gasteiger partial charge in [-0.25, -0.2) is 9.67 Å². The molecule has 0 radical (unpaired) electrons. The van der Waals surface area contributed by atoms with Gasteiger partial charge in [-0.15, -0.1) is 11.3 Å². The van der Waals surface area contributed by atoms with Gasteiger partial charge in [-0.3, -0.25) is 9.78 Å². The van der Waals surface area contributed by atoms with Crippen molar-refractivity contribution >= 4 is 17.2 Å². The quantitative estimate of drug-likeness (QED) is 0.561. The number of carbonyl (C=O) groups excluding carboxylic acids is 1. The highest BCUT2D eigenvalue weighted by Gasteiger charge is 2.10. The fourth-order valence-corrected chi connectivity index (χ4v) is 3.42. The van der Waals surface area contributed by atoms with Gasteiger partial charge in [-0.1, -0.05) is 18.2 Å². The van der Waals surface area contributed by atoms with E-state index in [-0.39, 0.29) is 12.3 Å². The molecule has 4 rings (SSSR count). The molecular weight excluding hydrogens is 358 g/mol. The number of nitrogens with one attached hydrogen (secondary N) is 1. The summed E-state index contributed by atoms with van der Waals surface area (Å²) in [5, 5.41) is 10.0. The van der Waals surface area contributed by atoms with Crippen molar-refractivity contribution in [3.63, 3.8) is 0 Å². The Morgan fingerprint density at radius 3 is 2.81 bits per heavy atom. The number of nitrogens with zero attached hydrogens (tertiary/aromatic N) is 4. The second kappa shape index (κ2) is 7.92. The molecule has 3 heterocycles. The third kappa shape index (κ3) is 4.27. The van der Waals surface area contributed by atoms with Crippen LogP contribution < -0.4 is 5.32 Å². The molecule has 0 aliphatic carbocycles. The zero-order valence-electron chi connectivity index (χ0n) is 14.4. The van der Waals surface area contributed by atoms with Crippen molar-refractivity contribution in [1.82, 2.24) is 25.1 Å². The monoisotopic (exact) mass is 375 g/mol. The van der Waals surface area contributed by atoms with Crippen LogP contribution in [0.3, 0.4) is 0 Å². The van der Waals surface area contributed by atoms with E-state index in [4.69, 9.17) is 0 Å². The zero-order valence-corrected chi connectivity index (χ0v) is 15.3. The maximum absolute atomic E-state index is 12.2. The molecule has 1 N–H and O–H groups in total. The minimum Gasteiger partial charge on any atom is -0.352 e. The highest BCUT2D eigenvalue weighted by molar-refractivity contribution is 7.13. The predicted molar refractivity (Wildman–Crippen MR) is 104 cm³/mol. The van der Waals surface area contributed by atoms with Crippen molar-refractivity contribution in [2.75, 3.05) is 0 Å². The number of hydrogen-bond donors (Lipinski definition) is 1. The summed E-state index contributed by atoms with van der Waals surface area (Å²) in [5.41, 5.74) is 3.65. The Bertz CT molecular complexity index is 1030. The van der Waals surface area contributed by atoms with Crippen LogP contribution in [0.25, 0.3) is 16.3 Å². The number of rotatable bonds is 6. The van der Waals surface area contributed by atoms with Crippen molar-refractivity contribution in [1.29, 1.82) is 0 Å². The first-order valence-electron chi connectivity index (χ1n) is 8.48. The van der Waals surface area contributed by atoms with E-state index in [1.807, 2.05) is 54.0 Å². The fraction of sp³-hybridized carbons (Fsp3) is 0.100. The second-order valence-corrected chi connectivity index (χ2v) is 6.83. The molecule has 0 aliphatic rings. The van der Waals surface area contributed by atoms with Crippen LogP contribution in [0.15, 0.2) is 72.6 Å². The topological polar surface area (TPSA) is 72.7 Å². The third-order valence-electron chi connectivity index (χ3n) is 3.95. The molecule has 0 saturated carbocycles. The highest BCUT2D eigenvalue weighted by atomic mass is 32.1. The molecule has 0 aliphatic heterocycles. The SMILES string of the molecule is O=C(Cc1csc(-c2cccnc2)n1)NCc1cnn(-c2ccccc2)c1. The first-order chi connectivity index (χ1) is 13.3. The van der Waals surface area contributed by atoms with Gasteiger partial charge in [0, 0.05) is 41.6 Å². The Balaban J connectivity index is 1.33. The van der Waals surface area contributed by atoms with Crippen LogP contribution in [0.4, 0.5) is 0 Å². The van der Waals surface area contributed by atoms with Crippen molar-refractivity contribution in [3.8, 4) is 16.3 Å². The maximum atomic E-state index is 12.2. The van der Waals surface area contributed by atoms with Crippen molar-refractivity contribution < 1.29 is 4.79 Å². The van der Waals surface area contributed by atoms with E-state index < -0.39 is 0 Å². The van der Waals surface area contributed by atoms with E-state index in [1.54, 1.807) is 23.3 Å². The molecule has 1 amide bonds. The first-order valence-corrected chi connectivity index (χ1v) is 9.36. The van der Waals surface area contributed by atoms with Crippen LogP contribution >= 0.6 is 11.3 Å². The van der Waals surface area contributed by atoms with Gasteiger partial charge in [0.15, 0.2) is 0 Å². The van der Waals surface area contributed by atoms with Crippen LogP contribution in [0.1, 0.15) is 11.3 Å². The normalized spacial score (nSPS) is 10.7. The summed E-state index contributed by atoms with van der Waals surface area (Å²) in [5.74, 6) is -0.0644. The van der Waals surface area contributed by atoms with E-state index in [0.717, 1.165) is 27.5 Å². The molecule has 0 saturated heterocycles. The van der Waals surface area contributed by atoms with Gasteiger partial charge >= 0.3 is 0 Å². The molecule has 0 fully saturated rings. The lowest BCUT2D eigenvalue weighted by atomic mass is 10.3. The van der Waals surface area contributed by atoms with Crippen LogP contribution in [0.5, 0.6) is 0 Å². The van der Waals surface area contributed by atoms with Gasteiger partial charge in [-0.2, -0.15) is 5.10 Å². The Labute approximate surface area is 160 Å². The van der Waals surface area contributed by atoms with Crippen LogP contribution in [-0.4, -0.2) is 25.7 Å². The standard InChI is InChI=1S/C20H17N5OS/c26-19(9-17-14-27-20(24-17)16-5-4-8-21-12-16)22-10-15-11-23-25(13-15)18-6-2-1-3-7-18/h1-8,11-14H,9-10H2,(H,22,26). The molecule has 0 spiro atoms. The van der Waals surface area contributed by atoms with Crippen molar-refractivity contribution in [2.45, 2.75) is 13.0 Å². The lowest BCUT2D eigenvalue weighted by molar-refractivity contribution is -0.120. The van der Waals surface area contributed by atoms with E-state index in [0.29, 0.717) is 6.54 Å². The molecule has 0 atom stereocenters. The molecule has 134 valence electrons. The Morgan fingerprint density at radius 1 is 1.11 bits per heavy atom. The number of amides is 1. The molecule has 0 bridgehead atoms. The van der Waals surface area contributed by atoms with Gasteiger partial charge in [-0.05, 0) is 24.3 Å². The molecule has 3 aromatic heterocycles. The maximum Gasteiger partial charge on any atom is 0.226 e. The van der Waals surface area contributed by atoms with E-state index >= 15 is 0 Å². The number of thiazole rings is 1. The third-order valence-corrected chi connectivity index (χ3v) is 4.89. The van der Waals surface area contributed by atoms with Gasteiger partial charge in [0.1, 0.15) is 5.01 Å². The number of para-hydroxylation sites is 1.